The molecule has 10 heteroatoms. The highest BCUT2D eigenvalue weighted by atomic mass is 32.1. The highest BCUT2D eigenvalue weighted by molar-refractivity contribution is 7.22. The summed E-state index contributed by atoms with van der Waals surface area (Å²) < 4.78 is 28.0. The minimum Gasteiger partial charge on any atom is -0.495 e. The van der Waals surface area contributed by atoms with Gasteiger partial charge in [-0.2, -0.15) is 0 Å². The van der Waals surface area contributed by atoms with Gasteiger partial charge in [0.2, 0.25) is 5.76 Å². The smallest absolute Gasteiger partial charge is 0.298 e. The second kappa shape index (κ2) is 9.50. The molecule has 0 radical (unpaired) electrons. The molecule has 9 nitrogen and oxygen atoms in total. The Labute approximate surface area is 178 Å². The van der Waals surface area contributed by atoms with Crippen molar-refractivity contribution in [2.24, 2.45) is 0 Å². The number of morpholine rings is 1. The van der Waals surface area contributed by atoms with Crippen molar-refractivity contribution in [1.29, 1.82) is 0 Å². The molecule has 0 aliphatic carbocycles. The molecule has 30 heavy (non-hydrogen) atoms. The van der Waals surface area contributed by atoms with E-state index in [4.69, 9.17) is 28.7 Å². The van der Waals surface area contributed by atoms with Crippen LogP contribution >= 0.6 is 11.3 Å². The molecule has 1 amide bonds. The van der Waals surface area contributed by atoms with Crippen LogP contribution in [0.4, 0.5) is 5.13 Å². The zero-order valence-corrected chi connectivity index (χ0v) is 17.9. The molecule has 1 aromatic heterocycles. The summed E-state index contributed by atoms with van der Waals surface area (Å²) in [5.74, 6) is 1.22. The van der Waals surface area contributed by atoms with Crippen LogP contribution in [0, 0.1) is 0 Å². The predicted molar refractivity (Wildman–Crippen MR) is 112 cm³/mol. The summed E-state index contributed by atoms with van der Waals surface area (Å²) in [5, 5.41) is 0.557. The van der Waals surface area contributed by atoms with Crippen LogP contribution in [-0.2, 0) is 19.0 Å². The Balaban J connectivity index is 1.67. The number of benzene rings is 1. The number of nitrogens with zero attached hydrogens (tertiary/aromatic N) is 3. The number of rotatable bonds is 7. The van der Waals surface area contributed by atoms with E-state index in [0.29, 0.717) is 61.7 Å². The number of fused-ring (bicyclic) bond motifs is 1. The molecular weight excluding hydrogens is 410 g/mol. The topological polar surface area (TPSA) is 82.6 Å². The van der Waals surface area contributed by atoms with Crippen molar-refractivity contribution in [3.05, 3.63) is 24.2 Å². The Morgan fingerprint density at radius 1 is 1.17 bits per heavy atom. The van der Waals surface area contributed by atoms with Gasteiger partial charge in [-0.1, -0.05) is 11.3 Å². The first-order valence-electron chi connectivity index (χ1n) is 9.79. The van der Waals surface area contributed by atoms with Crippen molar-refractivity contribution in [2.75, 3.05) is 71.7 Å². The molecule has 3 heterocycles. The van der Waals surface area contributed by atoms with Crippen LogP contribution < -0.4 is 14.4 Å². The monoisotopic (exact) mass is 435 g/mol. The van der Waals surface area contributed by atoms with Gasteiger partial charge in [-0.15, -0.1) is 0 Å². The van der Waals surface area contributed by atoms with E-state index < -0.39 is 0 Å². The van der Waals surface area contributed by atoms with Crippen LogP contribution in [0.25, 0.3) is 10.2 Å². The van der Waals surface area contributed by atoms with Gasteiger partial charge in [-0.3, -0.25) is 14.6 Å². The number of hydrogen-bond donors (Lipinski definition) is 0. The second-order valence-corrected chi connectivity index (χ2v) is 7.73. The van der Waals surface area contributed by atoms with Gasteiger partial charge in [-0.25, -0.2) is 4.98 Å². The lowest BCUT2D eigenvalue weighted by Gasteiger charge is -2.29. The van der Waals surface area contributed by atoms with Gasteiger partial charge in [0.15, 0.2) is 5.13 Å². The van der Waals surface area contributed by atoms with Crippen LogP contribution in [-0.4, -0.2) is 82.6 Å². The maximum atomic E-state index is 13.3. The van der Waals surface area contributed by atoms with Gasteiger partial charge in [0.25, 0.3) is 5.91 Å². The third kappa shape index (κ3) is 4.30. The van der Waals surface area contributed by atoms with Gasteiger partial charge in [0, 0.05) is 26.2 Å². The standard InChI is InChI=1S/C20H25N3O6S/c1-25-14-3-4-15(26-2)18-17(14)21-20(30-18)23(6-5-22-7-9-27-10-8-22)19(24)16-13-28-11-12-29-16/h3-4,13H,5-12H2,1-2H3. The summed E-state index contributed by atoms with van der Waals surface area (Å²) in [6.45, 7) is 5.02. The molecule has 0 spiro atoms. The first-order valence-corrected chi connectivity index (χ1v) is 10.6. The highest BCUT2D eigenvalue weighted by Gasteiger charge is 2.28. The Kier molecular flexibility index (Phi) is 6.56. The highest BCUT2D eigenvalue weighted by Crippen LogP contribution is 2.40. The maximum absolute atomic E-state index is 13.3. The number of carbonyl (C=O) groups is 1. The number of ether oxygens (including phenoxy) is 5. The maximum Gasteiger partial charge on any atom is 0.298 e. The van der Waals surface area contributed by atoms with E-state index in [1.54, 1.807) is 19.1 Å². The average molecular weight is 436 g/mol. The molecule has 4 rings (SSSR count). The third-order valence-electron chi connectivity index (χ3n) is 4.98. The summed E-state index contributed by atoms with van der Waals surface area (Å²) in [6, 6.07) is 3.65. The summed E-state index contributed by atoms with van der Waals surface area (Å²) in [5.41, 5.74) is 0.663. The number of thiazole rings is 1. The van der Waals surface area contributed by atoms with Gasteiger partial charge >= 0.3 is 0 Å². The molecule has 2 aliphatic heterocycles. The van der Waals surface area contributed by atoms with E-state index >= 15 is 0 Å². The summed E-state index contributed by atoms with van der Waals surface area (Å²) in [4.78, 5) is 21.9. The molecule has 1 saturated heterocycles. The van der Waals surface area contributed by atoms with Crippen molar-refractivity contribution in [3.8, 4) is 11.5 Å². The molecule has 0 bridgehead atoms. The summed E-state index contributed by atoms with van der Waals surface area (Å²) in [6.07, 6.45) is 1.38. The van der Waals surface area contributed by atoms with Crippen molar-refractivity contribution in [3.63, 3.8) is 0 Å². The first kappa shape index (κ1) is 20.7. The van der Waals surface area contributed by atoms with Crippen molar-refractivity contribution in [1.82, 2.24) is 9.88 Å². The molecule has 2 aliphatic rings. The molecule has 1 fully saturated rings. The molecule has 1 aromatic carbocycles. The zero-order valence-electron chi connectivity index (χ0n) is 17.1. The Morgan fingerprint density at radius 3 is 2.63 bits per heavy atom. The van der Waals surface area contributed by atoms with Crippen LogP contribution in [0.15, 0.2) is 24.2 Å². The third-order valence-corrected chi connectivity index (χ3v) is 6.07. The van der Waals surface area contributed by atoms with Crippen LogP contribution in [0.2, 0.25) is 0 Å². The summed E-state index contributed by atoms with van der Waals surface area (Å²) in [7, 11) is 3.21. The van der Waals surface area contributed by atoms with E-state index in [-0.39, 0.29) is 11.7 Å². The van der Waals surface area contributed by atoms with Crippen molar-refractivity contribution >= 4 is 32.6 Å². The number of carbonyl (C=O) groups excluding carboxylic acids is 1. The lowest BCUT2D eigenvalue weighted by molar-refractivity contribution is -0.119. The van der Waals surface area contributed by atoms with E-state index in [9.17, 15) is 4.79 Å². The number of hydrogen-bond acceptors (Lipinski definition) is 9. The van der Waals surface area contributed by atoms with Gasteiger partial charge < -0.3 is 23.7 Å². The number of aromatic nitrogens is 1. The van der Waals surface area contributed by atoms with Crippen LogP contribution in [0.5, 0.6) is 11.5 Å². The van der Waals surface area contributed by atoms with Crippen molar-refractivity contribution in [2.45, 2.75) is 0 Å². The molecule has 0 saturated carbocycles. The van der Waals surface area contributed by atoms with Crippen molar-refractivity contribution < 1.29 is 28.5 Å². The zero-order chi connectivity index (χ0) is 20.9. The lowest BCUT2D eigenvalue weighted by atomic mass is 10.3. The Morgan fingerprint density at radius 2 is 1.93 bits per heavy atom. The quantitative estimate of drug-likeness (QED) is 0.652. The fraction of sp³-hybridized carbons (Fsp3) is 0.500. The molecular formula is C20H25N3O6S. The first-order chi connectivity index (χ1) is 14.7. The van der Waals surface area contributed by atoms with Gasteiger partial charge in [-0.05, 0) is 12.1 Å². The van der Waals surface area contributed by atoms with Crippen LogP contribution in [0.3, 0.4) is 0 Å². The SMILES string of the molecule is COc1ccc(OC)c2sc(N(CCN3CCOCC3)C(=O)C3=COCCO3)nc12. The second-order valence-electron chi connectivity index (χ2n) is 6.76. The van der Waals surface area contributed by atoms with E-state index in [1.165, 1.54) is 17.6 Å². The number of amides is 1. The lowest BCUT2D eigenvalue weighted by Crippen LogP contribution is -2.44. The number of anilines is 1. The molecule has 0 atom stereocenters. The van der Waals surface area contributed by atoms with Gasteiger partial charge in [0.05, 0.1) is 27.4 Å². The minimum absolute atomic E-state index is 0.182. The Hall–Kier alpha value is -2.56. The normalized spacial score (nSPS) is 17.1. The fourth-order valence-electron chi connectivity index (χ4n) is 3.35. The number of methoxy groups -OCH3 is 2. The minimum atomic E-state index is -0.278. The average Bonchev–Trinajstić information content (AvgIpc) is 3.25. The molecule has 0 N–H and O–H groups in total. The molecule has 162 valence electrons. The van der Waals surface area contributed by atoms with Gasteiger partial charge in [0.1, 0.15) is 41.2 Å². The van der Waals surface area contributed by atoms with Crippen LogP contribution in [0.1, 0.15) is 0 Å². The van der Waals surface area contributed by atoms with E-state index in [2.05, 4.69) is 4.90 Å². The predicted octanol–water partition coefficient (Wildman–Crippen LogP) is 1.87. The fourth-order valence-corrected chi connectivity index (χ4v) is 4.45. The molecule has 0 unspecified atom stereocenters. The molecule has 2 aromatic rings. The largest absolute Gasteiger partial charge is 0.495 e. The Bertz CT molecular complexity index is 884. The van der Waals surface area contributed by atoms with E-state index in [1.807, 2.05) is 12.1 Å². The van der Waals surface area contributed by atoms with E-state index in [0.717, 1.165) is 17.8 Å². The summed E-state index contributed by atoms with van der Waals surface area (Å²) >= 11 is 1.39.